The lowest BCUT2D eigenvalue weighted by Crippen LogP contribution is -1.63. The SMILES string of the molecule is Fc1ccccc1.[B]. The summed E-state index contributed by atoms with van der Waals surface area (Å²) in [7, 11) is 0. The van der Waals surface area contributed by atoms with E-state index in [0.717, 1.165) is 0 Å². The molecule has 0 nitrogen and oxygen atoms in total. The van der Waals surface area contributed by atoms with Crippen molar-refractivity contribution in [2.75, 3.05) is 0 Å². The molecule has 0 aliphatic rings. The molecule has 0 spiro atoms. The van der Waals surface area contributed by atoms with Gasteiger partial charge in [0.05, 0.1) is 0 Å². The fraction of sp³-hybridized carbons (Fsp3) is 0. The fourth-order valence-corrected chi connectivity index (χ4v) is 0.415. The van der Waals surface area contributed by atoms with Gasteiger partial charge in [0.2, 0.25) is 0 Å². The summed E-state index contributed by atoms with van der Waals surface area (Å²) in [5.41, 5.74) is 0. The molecule has 0 N–H and O–H groups in total. The molecule has 0 saturated heterocycles. The van der Waals surface area contributed by atoms with Crippen molar-refractivity contribution >= 4 is 8.41 Å². The Balaban J connectivity index is 0.000000490. The van der Waals surface area contributed by atoms with E-state index in [1.807, 2.05) is 0 Å². The van der Waals surface area contributed by atoms with Crippen LogP contribution in [-0.4, -0.2) is 8.41 Å². The minimum atomic E-state index is -0.178. The summed E-state index contributed by atoms with van der Waals surface area (Å²) in [5, 5.41) is 0. The molecule has 1 aromatic rings. The lowest BCUT2D eigenvalue weighted by molar-refractivity contribution is 0.628. The van der Waals surface area contributed by atoms with Gasteiger partial charge in [-0.2, -0.15) is 0 Å². The van der Waals surface area contributed by atoms with E-state index in [0.29, 0.717) is 0 Å². The van der Waals surface area contributed by atoms with E-state index < -0.39 is 0 Å². The molecular formula is C6H5BF. The summed E-state index contributed by atoms with van der Waals surface area (Å²) in [5.74, 6) is -0.178. The number of rotatable bonds is 0. The van der Waals surface area contributed by atoms with Crippen molar-refractivity contribution < 1.29 is 4.39 Å². The largest absolute Gasteiger partial charge is 0.207 e. The van der Waals surface area contributed by atoms with Crippen molar-refractivity contribution in [3.63, 3.8) is 0 Å². The highest BCUT2D eigenvalue weighted by molar-refractivity contribution is 5.75. The van der Waals surface area contributed by atoms with E-state index in [-0.39, 0.29) is 14.2 Å². The van der Waals surface area contributed by atoms with Crippen molar-refractivity contribution in [2.24, 2.45) is 0 Å². The lowest BCUT2D eigenvalue weighted by Gasteiger charge is -1.78. The van der Waals surface area contributed by atoms with Gasteiger partial charge in [-0.25, -0.2) is 4.39 Å². The van der Waals surface area contributed by atoms with Gasteiger partial charge in [0.25, 0.3) is 0 Å². The number of hydrogen-bond donors (Lipinski definition) is 0. The van der Waals surface area contributed by atoms with Crippen LogP contribution in [0.4, 0.5) is 4.39 Å². The van der Waals surface area contributed by atoms with Crippen molar-refractivity contribution in [2.45, 2.75) is 0 Å². The predicted molar refractivity (Wildman–Crippen MR) is 32.2 cm³/mol. The van der Waals surface area contributed by atoms with Crippen LogP contribution in [0.25, 0.3) is 0 Å². The normalized spacial score (nSPS) is 7.62. The number of hydrogen-bond acceptors (Lipinski definition) is 0. The summed E-state index contributed by atoms with van der Waals surface area (Å²) in [6, 6.07) is 7.94. The first-order valence-electron chi connectivity index (χ1n) is 2.10. The molecular weight excluding hydrogens is 102 g/mol. The first kappa shape index (κ1) is 7.21. The second kappa shape index (κ2) is 3.25. The lowest BCUT2D eigenvalue weighted by atomic mass is 10.4. The quantitative estimate of drug-likeness (QED) is 0.440. The Labute approximate surface area is 49.9 Å². The van der Waals surface area contributed by atoms with Crippen LogP contribution < -0.4 is 0 Å². The molecule has 3 radical (unpaired) electrons. The molecule has 0 atom stereocenters. The maximum absolute atomic E-state index is 11.9. The zero-order valence-corrected chi connectivity index (χ0v) is 4.34. The molecule has 2 heteroatoms. The van der Waals surface area contributed by atoms with E-state index in [2.05, 4.69) is 0 Å². The Morgan fingerprint density at radius 2 is 1.50 bits per heavy atom. The molecule has 0 aliphatic carbocycles. The topological polar surface area (TPSA) is 0 Å². The highest BCUT2D eigenvalue weighted by Crippen LogP contribution is 1.91. The number of halogens is 1. The van der Waals surface area contributed by atoms with Gasteiger partial charge in [0, 0.05) is 8.41 Å². The Bertz CT molecular complexity index is 138. The minimum absolute atomic E-state index is 0. The molecule has 0 amide bonds. The molecule has 1 aromatic carbocycles. The van der Waals surface area contributed by atoms with Crippen molar-refractivity contribution in [1.29, 1.82) is 0 Å². The molecule has 0 saturated carbocycles. The van der Waals surface area contributed by atoms with Crippen LogP contribution in [0, 0.1) is 5.82 Å². The van der Waals surface area contributed by atoms with Gasteiger partial charge in [-0.05, 0) is 12.1 Å². The van der Waals surface area contributed by atoms with E-state index in [9.17, 15) is 4.39 Å². The molecule has 0 bridgehead atoms. The highest BCUT2D eigenvalue weighted by atomic mass is 19.1. The van der Waals surface area contributed by atoms with Crippen LogP contribution >= 0.6 is 0 Å². The zero-order chi connectivity index (χ0) is 5.11. The van der Waals surface area contributed by atoms with E-state index in [1.165, 1.54) is 12.1 Å². The summed E-state index contributed by atoms with van der Waals surface area (Å²) in [4.78, 5) is 0. The van der Waals surface area contributed by atoms with Gasteiger partial charge in [-0.15, -0.1) is 0 Å². The van der Waals surface area contributed by atoms with Crippen LogP contribution in [0.2, 0.25) is 0 Å². The van der Waals surface area contributed by atoms with Crippen molar-refractivity contribution in [1.82, 2.24) is 0 Å². The summed E-state index contributed by atoms with van der Waals surface area (Å²) < 4.78 is 11.9. The van der Waals surface area contributed by atoms with E-state index in [1.54, 1.807) is 18.2 Å². The molecule has 0 aromatic heterocycles. The highest BCUT2D eigenvalue weighted by Gasteiger charge is 1.77. The number of benzene rings is 1. The van der Waals surface area contributed by atoms with Gasteiger partial charge >= 0.3 is 0 Å². The van der Waals surface area contributed by atoms with E-state index in [4.69, 9.17) is 0 Å². The maximum atomic E-state index is 11.9. The van der Waals surface area contributed by atoms with Crippen LogP contribution in [0.15, 0.2) is 30.3 Å². The molecule has 0 aliphatic heterocycles. The first-order chi connectivity index (χ1) is 3.39. The summed E-state index contributed by atoms with van der Waals surface area (Å²) in [6.45, 7) is 0. The third-order valence-corrected chi connectivity index (χ3v) is 0.733. The average molecular weight is 107 g/mol. The first-order valence-corrected chi connectivity index (χ1v) is 2.10. The Hall–Kier alpha value is -0.785. The van der Waals surface area contributed by atoms with Crippen LogP contribution in [-0.2, 0) is 0 Å². The van der Waals surface area contributed by atoms with Gasteiger partial charge in [-0.3, -0.25) is 0 Å². The Kier molecular flexibility index (Phi) is 2.93. The maximum Gasteiger partial charge on any atom is 0.123 e. The van der Waals surface area contributed by atoms with Gasteiger partial charge < -0.3 is 0 Å². The minimum Gasteiger partial charge on any atom is -0.207 e. The van der Waals surface area contributed by atoms with Crippen molar-refractivity contribution in [3.8, 4) is 0 Å². The zero-order valence-electron chi connectivity index (χ0n) is 4.34. The molecule has 0 heterocycles. The van der Waals surface area contributed by atoms with E-state index >= 15 is 0 Å². The molecule has 8 heavy (non-hydrogen) atoms. The fourth-order valence-electron chi connectivity index (χ4n) is 0.415. The van der Waals surface area contributed by atoms with Crippen LogP contribution in [0.1, 0.15) is 0 Å². The molecule has 0 unspecified atom stereocenters. The summed E-state index contributed by atoms with van der Waals surface area (Å²) in [6.07, 6.45) is 0. The molecule has 0 fully saturated rings. The second-order valence-electron chi connectivity index (χ2n) is 1.30. The standard InChI is InChI=1S/C6H5F.B/c7-6-4-2-1-3-5-6;/h1-5H;. The predicted octanol–water partition coefficient (Wildman–Crippen LogP) is 1.44. The average Bonchev–Trinajstić information content (AvgIpc) is 1.69. The molecule has 1 rings (SSSR count). The monoisotopic (exact) mass is 107 g/mol. The smallest absolute Gasteiger partial charge is 0.123 e. The second-order valence-corrected chi connectivity index (χ2v) is 1.30. The van der Waals surface area contributed by atoms with Crippen molar-refractivity contribution in [3.05, 3.63) is 36.1 Å². The van der Waals surface area contributed by atoms with Gasteiger partial charge in [0.1, 0.15) is 5.82 Å². The van der Waals surface area contributed by atoms with Gasteiger partial charge in [0.15, 0.2) is 0 Å². The van der Waals surface area contributed by atoms with Gasteiger partial charge in [-0.1, -0.05) is 18.2 Å². The Morgan fingerprint density at radius 1 is 1.00 bits per heavy atom. The third kappa shape index (κ3) is 1.78. The van der Waals surface area contributed by atoms with Crippen LogP contribution in [0.5, 0.6) is 0 Å². The van der Waals surface area contributed by atoms with Crippen LogP contribution in [0.3, 0.4) is 0 Å². The third-order valence-electron chi connectivity index (χ3n) is 0.733. The summed E-state index contributed by atoms with van der Waals surface area (Å²) >= 11 is 0. The Morgan fingerprint density at radius 3 is 1.75 bits per heavy atom. The molecule has 39 valence electrons.